The van der Waals surface area contributed by atoms with Gasteiger partial charge in [0.2, 0.25) is 5.69 Å². The molecule has 0 radical (unpaired) electrons. The van der Waals surface area contributed by atoms with E-state index >= 15 is 0 Å². The summed E-state index contributed by atoms with van der Waals surface area (Å²) in [6, 6.07) is 11.1. The summed E-state index contributed by atoms with van der Waals surface area (Å²) in [7, 11) is 1.63. The van der Waals surface area contributed by atoms with E-state index in [-0.39, 0.29) is 5.41 Å². The highest BCUT2D eigenvalue weighted by Gasteiger charge is 2.28. The standard InChI is InChI=1S/C18H19NO3/c1-18(2)11-15(16-6-4-5-9-19(16)20)14-10-13(21-3)7-8-17(14)22-12-18/h4-11H,12H2,1-3H3. The van der Waals surface area contributed by atoms with E-state index in [9.17, 15) is 5.21 Å². The second-order valence-corrected chi connectivity index (χ2v) is 6.11. The van der Waals surface area contributed by atoms with E-state index in [2.05, 4.69) is 19.9 Å². The molecule has 0 N–H and O–H groups in total. The molecule has 0 saturated carbocycles. The summed E-state index contributed by atoms with van der Waals surface area (Å²) in [5.41, 5.74) is 2.17. The zero-order valence-electron chi connectivity index (χ0n) is 13.0. The van der Waals surface area contributed by atoms with Gasteiger partial charge in [0.1, 0.15) is 11.5 Å². The lowest BCUT2D eigenvalue weighted by atomic mass is 9.89. The van der Waals surface area contributed by atoms with E-state index in [4.69, 9.17) is 9.47 Å². The second kappa shape index (κ2) is 5.37. The van der Waals surface area contributed by atoms with Crippen LogP contribution in [0.3, 0.4) is 0 Å². The molecule has 0 unspecified atom stereocenters. The minimum Gasteiger partial charge on any atom is -0.618 e. The highest BCUT2D eigenvalue weighted by atomic mass is 16.5. The topological polar surface area (TPSA) is 45.4 Å². The quantitative estimate of drug-likeness (QED) is 0.632. The van der Waals surface area contributed by atoms with Crippen LogP contribution in [0.5, 0.6) is 11.5 Å². The van der Waals surface area contributed by atoms with Crippen molar-refractivity contribution in [2.75, 3.05) is 13.7 Å². The fraction of sp³-hybridized carbons (Fsp3) is 0.278. The van der Waals surface area contributed by atoms with Crippen LogP contribution in [0.1, 0.15) is 25.1 Å². The number of methoxy groups -OCH3 is 1. The fourth-order valence-corrected chi connectivity index (χ4v) is 2.60. The number of hydrogen-bond acceptors (Lipinski definition) is 3. The zero-order valence-corrected chi connectivity index (χ0v) is 13.0. The van der Waals surface area contributed by atoms with Crippen LogP contribution in [0, 0.1) is 10.6 Å². The molecule has 0 saturated heterocycles. The molecule has 0 bridgehead atoms. The van der Waals surface area contributed by atoms with Crippen molar-refractivity contribution < 1.29 is 14.2 Å². The molecule has 1 aliphatic rings. The van der Waals surface area contributed by atoms with Crippen LogP contribution in [0.4, 0.5) is 0 Å². The Morgan fingerprint density at radius 3 is 2.77 bits per heavy atom. The highest BCUT2D eigenvalue weighted by Crippen LogP contribution is 2.39. The number of benzene rings is 1. The highest BCUT2D eigenvalue weighted by molar-refractivity contribution is 5.81. The first kappa shape index (κ1) is 14.4. The molecule has 0 spiro atoms. The lowest BCUT2D eigenvalue weighted by Gasteiger charge is -2.18. The van der Waals surface area contributed by atoms with E-state index in [1.165, 1.54) is 6.20 Å². The Bertz CT molecular complexity index is 735. The maximum atomic E-state index is 12.2. The first-order valence-corrected chi connectivity index (χ1v) is 7.23. The lowest BCUT2D eigenvalue weighted by molar-refractivity contribution is -0.607. The number of nitrogens with zero attached hydrogens (tertiary/aromatic N) is 1. The molecule has 22 heavy (non-hydrogen) atoms. The Morgan fingerprint density at radius 2 is 2.05 bits per heavy atom. The average molecular weight is 297 g/mol. The van der Waals surface area contributed by atoms with Crippen molar-refractivity contribution in [2.24, 2.45) is 5.41 Å². The summed E-state index contributed by atoms with van der Waals surface area (Å²) >= 11 is 0. The van der Waals surface area contributed by atoms with Crippen molar-refractivity contribution in [3.63, 3.8) is 0 Å². The van der Waals surface area contributed by atoms with Gasteiger partial charge in [0.05, 0.1) is 19.3 Å². The molecule has 0 aliphatic carbocycles. The van der Waals surface area contributed by atoms with Crippen LogP contribution in [0.15, 0.2) is 48.7 Å². The van der Waals surface area contributed by atoms with Crippen molar-refractivity contribution in [3.05, 3.63) is 65.1 Å². The summed E-state index contributed by atoms with van der Waals surface area (Å²) in [5.74, 6) is 1.50. The Kier molecular flexibility index (Phi) is 3.53. The fourth-order valence-electron chi connectivity index (χ4n) is 2.60. The van der Waals surface area contributed by atoms with E-state index < -0.39 is 0 Å². The van der Waals surface area contributed by atoms with E-state index in [1.807, 2.05) is 30.3 Å². The maximum Gasteiger partial charge on any atom is 0.224 e. The number of pyridine rings is 1. The molecule has 0 fully saturated rings. The average Bonchev–Trinajstić information content (AvgIpc) is 2.64. The summed E-state index contributed by atoms with van der Waals surface area (Å²) in [6.07, 6.45) is 3.61. The lowest BCUT2D eigenvalue weighted by Crippen LogP contribution is -2.30. The third-order valence-electron chi connectivity index (χ3n) is 3.71. The van der Waals surface area contributed by atoms with Gasteiger partial charge in [-0.05, 0) is 24.3 Å². The molecule has 0 amide bonds. The third-order valence-corrected chi connectivity index (χ3v) is 3.71. The monoisotopic (exact) mass is 297 g/mol. The molecule has 2 aromatic rings. The van der Waals surface area contributed by atoms with Crippen LogP contribution < -0.4 is 14.2 Å². The summed E-state index contributed by atoms with van der Waals surface area (Å²) in [4.78, 5) is 0. The van der Waals surface area contributed by atoms with Crippen LogP contribution in [0.2, 0.25) is 0 Å². The maximum absolute atomic E-state index is 12.2. The second-order valence-electron chi connectivity index (χ2n) is 6.11. The number of hydrogen-bond donors (Lipinski definition) is 0. The summed E-state index contributed by atoms with van der Waals surface area (Å²) in [6.45, 7) is 4.74. The summed E-state index contributed by atoms with van der Waals surface area (Å²) in [5, 5.41) is 12.2. The smallest absolute Gasteiger partial charge is 0.224 e. The molecular weight excluding hydrogens is 278 g/mol. The number of aromatic nitrogens is 1. The Hall–Kier alpha value is -2.49. The van der Waals surface area contributed by atoms with Gasteiger partial charge in [-0.3, -0.25) is 0 Å². The van der Waals surface area contributed by atoms with Gasteiger partial charge in [0.15, 0.2) is 6.20 Å². The van der Waals surface area contributed by atoms with E-state index in [0.717, 1.165) is 27.4 Å². The van der Waals surface area contributed by atoms with Crippen molar-refractivity contribution in [1.82, 2.24) is 0 Å². The zero-order chi connectivity index (χ0) is 15.7. The number of rotatable bonds is 2. The minimum absolute atomic E-state index is 0.176. The minimum atomic E-state index is -0.176. The van der Waals surface area contributed by atoms with E-state index in [1.54, 1.807) is 13.2 Å². The van der Waals surface area contributed by atoms with Gasteiger partial charge in [-0.1, -0.05) is 19.9 Å². The Labute approximate surface area is 130 Å². The molecule has 3 rings (SSSR count). The van der Waals surface area contributed by atoms with Crippen LogP contribution in [-0.4, -0.2) is 13.7 Å². The summed E-state index contributed by atoms with van der Waals surface area (Å²) < 4.78 is 12.1. The molecule has 1 aliphatic heterocycles. The molecule has 1 aromatic carbocycles. The van der Waals surface area contributed by atoms with Gasteiger partial charge in [-0.25, -0.2) is 0 Å². The molecule has 4 nitrogen and oxygen atoms in total. The molecule has 114 valence electrons. The van der Waals surface area contributed by atoms with Gasteiger partial charge >= 0.3 is 0 Å². The van der Waals surface area contributed by atoms with Gasteiger partial charge in [0, 0.05) is 23.1 Å². The SMILES string of the molecule is COc1ccc2c(c1)C(c1cccc[n+]1[O-])=CC(C)(C)CO2. The molecular formula is C18H19NO3. The predicted octanol–water partition coefficient (Wildman–Crippen LogP) is 3.18. The van der Waals surface area contributed by atoms with Gasteiger partial charge in [0.25, 0.3) is 0 Å². The Morgan fingerprint density at radius 1 is 1.23 bits per heavy atom. The first-order chi connectivity index (χ1) is 10.5. The third kappa shape index (κ3) is 2.64. The molecule has 0 atom stereocenters. The van der Waals surface area contributed by atoms with Crippen molar-refractivity contribution in [2.45, 2.75) is 13.8 Å². The number of fused-ring (bicyclic) bond motifs is 1. The van der Waals surface area contributed by atoms with Crippen LogP contribution >= 0.6 is 0 Å². The van der Waals surface area contributed by atoms with Crippen LogP contribution in [0.25, 0.3) is 5.57 Å². The van der Waals surface area contributed by atoms with Gasteiger partial charge in [-0.2, -0.15) is 4.73 Å². The first-order valence-electron chi connectivity index (χ1n) is 7.23. The van der Waals surface area contributed by atoms with Crippen molar-refractivity contribution in [1.29, 1.82) is 0 Å². The van der Waals surface area contributed by atoms with Gasteiger partial charge in [-0.15, -0.1) is 0 Å². The van der Waals surface area contributed by atoms with Gasteiger partial charge < -0.3 is 14.7 Å². The Balaban J connectivity index is 2.25. The number of ether oxygens (including phenoxy) is 2. The van der Waals surface area contributed by atoms with Crippen molar-refractivity contribution in [3.8, 4) is 11.5 Å². The van der Waals surface area contributed by atoms with Crippen molar-refractivity contribution >= 4 is 5.57 Å². The van der Waals surface area contributed by atoms with E-state index in [0.29, 0.717) is 12.3 Å². The predicted molar refractivity (Wildman–Crippen MR) is 84.8 cm³/mol. The van der Waals surface area contributed by atoms with Crippen LogP contribution in [-0.2, 0) is 0 Å². The molecule has 2 heterocycles. The molecule has 4 heteroatoms. The largest absolute Gasteiger partial charge is 0.618 e. The normalized spacial score (nSPS) is 16.0. The molecule has 1 aromatic heterocycles.